The first kappa shape index (κ1) is 21.2. The number of hydrogen-bond acceptors (Lipinski definition) is 5. The zero-order valence-corrected chi connectivity index (χ0v) is 19.0. The van der Waals surface area contributed by atoms with Crippen LogP contribution >= 0.6 is 15.9 Å². The molecule has 1 fully saturated rings. The Kier molecular flexibility index (Phi) is 5.31. The summed E-state index contributed by atoms with van der Waals surface area (Å²) in [7, 11) is 0. The summed E-state index contributed by atoms with van der Waals surface area (Å²) in [5.41, 5.74) is 2.14. The number of alkyl halides is 2. The summed E-state index contributed by atoms with van der Waals surface area (Å²) >= 11 is 3.56. The Hall–Kier alpha value is -2.68. The van der Waals surface area contributed by atoms with Gasteiger partial charge in [0.15, 0.2) is 0 Å². The van der Waals surface area contributed by atoms with Gasteiger partial charge in [0.2, 0.25) is 11.6 Å². The second-order valence-corrected chi connectivity index (χ2v) is 9.17. The highest BCUT2D eigenvalue weighted by atomic mass is 79.9. The summed E-state index contributed by atoms with van der Waals surface area (Å²) in [6.45, 7) is -0.0568. The van der Waals surface area contributed by atoms with E-state index in [4.69, 9.17) is 9.84 Å². The molecule has 0 bridgehead atoms. The molecule has 1 atom stereocenters. The average molecular weight is 506 g/mol. The van der Waals surface area contributed by atoms with Crippen LogP contribution in [0.25, 0.3) is 0 Å². The highest BCUT2D eigenvalue weighted by molar-refractivity contribution is 9.10. The van der Waals surface area contributed by atoms with Crippen molar-refractivity contribution >= 4 is 27.5 Å². The van der Waals surface area contributed by atoms with Crippen LogP contribution in [0, 0.1) is 0 Å². The minimum atomic E-state index is -2.86. The normalized spacial score (nSPS) is 21.2. The first-order chi connectivity index (χ1) is 15.3. The molecule has 0 unspecified atom stereocenters. The van der Waals surface area contributed by atoms with Crippen molar-refractivity contribution in [3.05, 3.63) is 58.1 Å². The maximum atomic E-state index is 12.5. The lowest BCUT2D eigenvalue weighted by Gasteiger charge is -2.51. The molecule has 6 nitrogen and oxygen atoms in total. The number of hydrazone groups is 1. The molecule has 3 aliphatic rings. The molecular formula is C23H22BrF2N3O3. The zero-order valence-electron chi connectivity index (χ0n) is 17.4. The summed E-state index contributed by atoms with van der Waals surface area (Å²) in [5.74, 6) is 1.02. The predicted octanol–water partition coefficient (Wildman–Crippen LogP) is 4.93. The van der Waals surface area contributed by atoms with E-state index in [9.17, 15) is 13.6 Å². The SMILES string of the molecule is CC(=O)N1CCC2(CC1)Oc1ccc(Br)cc1[C@@H]1CC(c3ccc(OC(F)F)cc3)=NN12. The fourth-order valence-corrected chi connectivity index (χ4v) is 5.14. The van der Waals surface area contributed by atoms with E-state index in [0.29, 0.717) is 32.4 Å². The van der Waals surface area contributed by atoms with Gasteiger partial charge >= 0.3 is 6.61 Å². The van der Waals surface area contributed by atoms with Crippen molar-refractivity contribution in [2.45, 2.75) is 44.6 Å². The molecular weight excluding hydrogens is 484 g/mol. The number of amides is 1. The van der Waals surface area contributed by atoms with Gasteiger partial charge in [-0.3, -0.25) is 4.79 Å². The molecule has 2 aromatic rings. The Bertz CT molecular complexity index is 1070. The van der Waals surface area contributed by atoms with Gasteiger partial charge in [0.1, 0.15) is 11.5 Å². The summed E-state index contributed by atoms with van der Waals surface area (Å²) < 4.78 is 37.0. The van der Waals surface area contributed by atoms with Gasteiger partial charge in [-0.25, -0.2) is 5.01 Å². The lowest BCUT2D eigenvalue weighted by atomic mass is 9.90. The number of rotatable bonds is 3. The van der Waals surface area contributed by atoms with Gasteiger partial charge in [-0.15, -0.1) is 0 Å². The van der Waals surface area contributed by atoms with E-state index in [-0.39, 0.29) is 17.7 Å². The molecule has 32 heavy (non-hydrogen) atoms. The van der Waals surface area contributed by atoms with Gasteiger partial charge in [-0.1, -0.05) is 15.9 Å². The third kappa shape index (κ3) is 3.72. The van der Waals surface area contributed by atoms with E-state index < -0.39 is 12.3 Å². The number of benzene rings is 2. The topological polar surface area (TPSA) is 54.4 Å². The monoisotopic (exact) mass is 505 g/mol. The van der Waals surface area contributed by atoms with Crippen LogP contribution in [0.1, 0.15) is 43.4 Å². The Morgan fingerprint density at radius 2 is 1.94 bits per heavy atom. The Morgan fingerprint density at radius 3 is 2.59 bits per heavy atom. The molecule has 9 heteroatoms. The molecule has 1 saturated heterocycles. The van der Waals surface area contributed by atoms with Crippen molar-refractivity contribution in [3.8, 4) is 11.5 Å². The fraction of sp³-hybridized carbons (Fsp3) is 0.391. The van der Waals surface area contributed by atoms with E-state index in [1.54, 1.807) is 19.1 Å². The predicted molar refractivity (Wildman–Crippen MR) is 118 cm³/mol. The van der Waals surface area contributed by atoms with Crippen molar-refractivity contribution in [3.63, 3.8) is 0 Å². The van der Waals surface area contributed by atoms with Gasteiger partial charge in [0, 0.05) is 49.3 Å². The standard InChI is InChI=1S/C23H22BrF2N3O3/c1-14(30)28-10-8-23(9-11-28)29-20(18-12-16(24)4-7-21(18)32-23)13-19(27-29)15-2-5-17(6-3-15)31-22(25)26/h2-7,12,20,22H,8-11,13H2,1H3/t20-/m0/s1. The van der Waals surface area contributed by atoms with Crippen LogP contribution in [0.3, 0.4) is 0 Å². The number of nitrogens with zero attached hydrogens (tertiary/aromatic N) is 3. The van der Waals surface area contributed by atoms with Crippen LogP contribution in [0.15, 0.2) is 52.0 Å². The minimum absolute atomic E-state index is 0.00730. The lowest BCUT2D eigenvalue weighted by Crippen LogP contribution is -2.59. The zero-order chi connectivity index (χ0) is 22.5. The van der Waals surface area contributed by atoms with E-state index in [1.165, 1.54) is 12.1 Å². The summed E-state index contributed by atoms with van der Waals surface area (Å²) in [6.07, 6.45) is 1.97. The maximum Gasteiger partial charge on any atom is 0.387 e. The third-order valence-electron chi connectivity index (χ3n) is 6.36. The number of ether oxygens (including phenoxy) is 2. The van der Waals surface area contributed by atoms with E-state index in [2.05, 4.69) is 31.7 Å². The Labute approximate surface area is 192 Å². The molecule has 5 rings (SSSR count). The van der Waals surface area contributed by atoms with Crippen LogP contribution in [-0.4, -0.2) is 47.0 Å². The lowest BCUT2D eigenvalue weighted by molar-refractivity contribution is -0.158. The molecule has 2 aromatic carbocycles. The number of likely N-dealkylation sites (tertiary alicyclic amines) is 1. The number of piperidine rings is 1. The highest BCUT2D eigenvalue weighted by Crippen LogP contribution is 2.50. The van der Waals surface area contributed by atoms with E-state index in [0.717, 1.165) is 27.1 Å². The third-order valence-corrected chi connectivity index (χ3v) is 6.85. The molecule has 1 amide bonds. The van der Waals surface area contributed by atoms with Crippen molar-refractivity contribution < 1.29 is 23.0 Å². The molecule has 0 radical (unpaired) electrons. The molecule has 168 valence electrons. The van der Waals surface area contributed by atoms with Gasteiger partial charge in [0.05, 0.1) is 11.8 Å². The number of carbonyl (C=O) groups excluding carboxylic acids is 1. The molecule has 0 aromatic heterocycles. The number of halogens is 3. The second-order valence-electron chi connectivity index (χ2n) is 8.25. The van der Waals surface area contributed by atoms with E-state index >= 15 is 0 Å². The molecule has 3 heterocycles. The smallest absolute Gasteiger partial charge is 0.387 e. The molecule has 0 N–H and O–H groups in total. The summed E-state index contributed by atoms with van der Waals surface area (Å²) in [4.78, 5) is 13.7. The van der Waals surface area contributed by atoms with Gasteiger partial charge in [-0.2, -0.15) is 13.9 Å². The van der Waals surface area contributed by atoms with Crippen molar-refractivity contribution in [1.82, 2.24) is 9.91 Å². The number of hydrogen-bond donors (Lipinski definition) is 0. The number of fused-ring (bicyclic) bond motifs is 4. The van der Waals surface area contributed by atoms with Crippen LogP contribution in [0.5, 0.6) is 11.5 Å². The van der Waals surface area contributed by atoms with Crippen LogP contribution < -0.4 is 9.47 Å². The van der Waals surface area contributed by atoms with Crippen LogP contribution in [-0.2, 0) is 4.79 Å². The fourth-order valence-electron chi connectivity index (χ4n) is 4.76. The second kappa shape index (κ2) is 8.03. The molecule has 1 spiro atoms. The van der Waals surface area contributed by atoms with Crippen LogP contribution in [0.4, 0.5) is 8.78 Å². The number of carbonyl (C=O) groups is 1. The Morgan fingerprint density at radius 1 is 1.22 bits per heavy atom. The van der Waals surface area contributed by atoms with Crippen LogP contribution in [0.2, 0.25) is 0 Å². The highest BCUT2D eigenvalue weighted by Gasteiger charge is 2.52. The average Bonchev–Trinajstić information content (AvgIpc) is 3.22. The summed E-state index contributed by atoms with van der Waals surface area (Å²) in [5, 5.41) is 7.02. The Balaban J connectivity index is 1.49. The molecule has 3 aliphatic heterocycles. The quantitative estimate of drug-likeness (QED) is 0.593. The molecule has 0 aliphatic carbocycles. The minimum Gasteiger partial charge on any atom is -0.466 e. The van der Waals surface area contributed by atoms with Gasteiger partial charge in [-0.05, 0) is 48.0 Å². The first-order valence-corrected chi connectivity index (χ1v) is 11.3. The first-order valence-electron chi connectivity index (χ1n) is 10.5. The van der Waals surface area contributed by atoms with Crippen molar-refractivity contribution in [1.29, 1.82) is 0 Å². The maximum absolute atomic E-state index is 12.5. The van der Waals surface area contributed by atoms with Gasteiger partial charge < -0.3 is 14.4 Å². The van der Waals surface area contributed by atoms with Crippen molar-refractivity contribution in [2.75, 3.05) is 13.1 Å². The summed E-state index contributed by atoms with van der Waals surface area (Å²) in [6, 6.07) is 12.6. The molecule has 0 saturated carbocycles. The largest absolute Gasteiger partial charge is 0.466 e. The van der Waals surface area contributed by atoms with Crippen molar-refractivity contribution in [2.24, 2.45) is 5.10 Å². The van der Waals surface area contributed by atoms with E-state index in [1.807, 2.05) is 17.0 Å². The van der Waals surface area contributed by atoms with Gasteiger partial charge in [0.25, 0.3) is 0 Å².